The van der Waals surface area contributed by atoms with Gasteiger partial charge in [0.05, 0.1) is 26.4 Å². The Morgan fingerprint density at radius 3 is 0.745 bits per heavy atom. The molecule has 0 saturated heterocycles. The highest BCUT2D eigenvalue weighted by Gasteiger charge is 2.30. The molecule has 102 heavy (non-hydrogen) atoms. The number of carbonyl (C=O) groups is 4. The molecule has 17 nitrogen and oxygen atoms in total. The van der Waals surface area contributed by atoms with E-state index in [0.717, 1.165) is 108 Å². The average molecular weight is 1490 g/mol. The number of aliphatic hydroxyl groups is 1. The minimum Gasteiger partial charge on any atom is -0.462 e. The number of carbonyl (C=O) groups excluding carboxylic acids is 4. The fraction of sp³-hybridized carbons (Fsp3) is 0.952. The topological polar surface area (TPSA) is 237 Å². The van der Waals surface area contributed by atoms with Crippen molar-refractivity contribution >= 4 is 39.5 Å². The largest absolute Gasteiger partial charge is 0.472 e. The SMILES string of the molecule is CCCCCCCCCCCCCCCCCC(=O)OC[C@H](COP(=O)(O)OC[C@@H](O)COP(=O)(O)OC[C@@H](COC(=O)CCCCCCCCCCC(C)C)OC(=O)CCCCCCCCCCCCC(C)CC)OC(=O)CCCCCCCCCCCCCCCCCCCCC(C)CC. The number of aliphatic hydroxyl groups excluding tert-OH is 1. The van der Waals surface area contributed by atoms with Crippen molar-refractivity contribution in [2.24, 2.45) is 17.8 Å². The summed E-state index contributed by atoms with van der Waals surface area (Å²) in [7, 11) is -9.92. The molecule has 0 saturated carbocycles. The Labute approximate surface area is 626 Å². The third-order valence-electron chi connectivity index (χ3n) is 20.1. The summed E-state index contributed by atoms with van der Waals surface area (Å²) in [5.74, 6) is 0.292. The summed E-state index contributed by atoms with van der Waals surface area (Å²) in [4.78, 5) is 73.1. The summed E-state index contributed by atoms with van der Waals surface area (Å²) < 4.78 is 68.8. The number of esters is 4. The number of phosphoric ester groups is 2. The van der Waals surface area contributed by atoms with Crippen molar-refractivity contribution in [3.8, 4) is 0 Å². The predicted molar refractivity (Wildman–Crippen MR) is 418 cm³/mol. The Morgan fingerprint density at radius 1 is 0.284 bits per heavy atom. The van der Waals surface area contributed by atoms with Gasteiger partial charge in [0.2, 0.25) is 0 Å². The van der Waals surface area contributed by atoms with Crippen molar-refractivity contribution in [3.05, 3.63) is 0 Å². The Balaban J connectivity index is 5.23. The lowest BCUT2D eigenvalue weighted by Crippen LogP contribution is -2.30. The molecule has 0 aromatic rings. The maximum Gasteiger partial charge on any atom is 0.472 e. The summed E-state index contributed by atoms with van der Waals surface area (Å²) in [6, 6.07) is 0. The molecule has 4 unspecified atom stereocenters. The first-order valence-electron chi connectivity index (χ1n) is 42.9. The molecule has 0 aromatic carbocycles. The van der Waals surface area contributed by atoms with E-state index in [9.17, 15) is 43.2 Å². The molecule has 3 N–H and O–H groups in total. The van der Waals surface area contributed by atoms with Crippen LogP contribution in [0.15, 0.2) is 0 Å². The summed E-state index contributed by atoms with van der Waals surface area (Å²) in [6.07, 6.45) is 62.4. The molecule has 19 heteroatoms. The van der Waals surface area contributed by atoms with Crippen LogP contribution in [-0.4, -0.2) is 96.7 Å². The number of ether oxygens (including phenoxy) is 4. The fourth-order valence-electron chi connectivity index (χ4n) is 12.8. The van der Waals surface area contributed by atoms with Crippen LogP contribution < -0.4 is 0 Å². The van der Waals surface area contributed by atoms with Gasteiger partial charge in [-0.3, -0.25) is 37.3 Å². The highest BCUT2D eigenvalue weighted by molar-refractivity contribution is 7.47. The number of phosphoric acid groups is 2. The van der Waals surface area contributed by atoms with Gasteiger partial charge in [0.1, 0.15) is 19.3 Å². The van der Waals surface area contributed by atoms with E-state index < -0.39 is 97.5 Å². The third-order valence-corrected chi connectivity index (χ3v) is 22.0. The Bertz CT molecular complexity index is 1980. The second-order valence-corrected chi connectivity index (χ2v) is 33.7. The molecule has 0 aliphatic rings. The van der Waals surface area contributed by atoms with Crippen molar-refractivity contribution in [2.45, 2.75) is 452 Å². The molecule has 0 aromatic heterocycles. The summed E-state index contributed by atoms with van der Waals surface area (Å²) in [6.45, 7) is 12.0. The molecule has 0 spiro atoms. The van der Waals surface area contributed by atoms with Crippen LogP contribution >= 0.6 is 15.6 Å². The third kappa shape index (κ3) is 73.6. The van der Waals surface area contributed by atoms with Crippen LogP contribution in [0.3, 0.4) is 0 Å². The van der Waals surface area contributed by atoms with Crippen LogP contribution in [0.4, 0.5) is 0 Å². The molecule has 0 rings (SSSR count). The average Bonchev–Trinajstić information content (AvgIpc) is 1.26. The van der Waals surface area contributed by atoms with Crippen molar-refractivity contribution in [2.75, 3.05) is 39.6 Å². The van der Waals surface area contributed by atoms with Crippen LogP contribution in [0.5, 0.6) is 0 Å². The van der Waals surface area contributed by atoms with E-state index in [2.05, 4.69) is 48.5 Å². The molecule has 0 heterocycles. The van der Waals surface area contributed by atoms with Crippen molar-refractivity contribution in [1.82, 2.24) is 0 Å². The van der Waals surface area contributed by atoms with Crippen molar-refractivity contribution in [1.29, 1.82) is 0 Å². The van der Waals surface area contributed by atoms with E-state index in [4.69, 9.17) is 37.0 Å². The fourth-order valence-corrected chi connectivity index (χ4v) is 14.4. The van der Waals surface area contributed by atoms with Crippen molar-refractivity contribution in [3.63, 3.8) is 0 Å². The maximum atomic E-state index is 13.1. The normalized spacial score (nSPS) is 14.5. The van der Waals surface area contributed by atoms with Gasteiger partial charge in [0.15, 0.2) is 12.2 Å². The van der Waals surface area contributed by atoms with Crippen LogP contribution in [0.2, 0.25) is 0 Å². The van der Waals surface area contributed by atoms with Gasteiger partial charge < -0.3 is 33.8 Å². The van der Waals surface area contributed by atoms with Gasteiger partial charge in [-0.2, -0.15) is 0 Å². The molecule has 0 bridgehead atoms. The number of rotatable bonds is 81. The zero-order valence-corrected chi connectivity index (χ0v) is 68.9. The number of unbranched alkanes of at least 4 members (excludes halogenated alkanes) is 47. The van der Waals surface area contributed by atoms with Crippen molar-refractivity contribution < 1.29 is 80.2 Å². The maximum absolute atomic E-state index is 13.1. The monoisotopic (exact) mass is 1490 g/mol. The molecular formula is C83H162O17P2. The first kappa shape index (κ1) is 100. The van der Waals surface area contributed by atoms with Crippen LogP contribution in [0, 0.1) is 17.8 Å². The minimum absolute atomic E-state index is 0.106. The van der Waals surface area contributed by atoms with Crippen LogP contribution in [0.1, 0.15) is 434 Å². The van der Waals surface area contributed by atoms with E-state index in [1.165, 1.54) is 244 Å². The van der Waals surface area contributed by atoms with Gasteiger partial charge >= 0.3 is 39.5 Å². The molecule has 0 amide bonds. The second kappa shape index (κ2) is 73.2. The van der Waals surface area contributed by atoms with Gasteiger partial charge in [-0.1, -0.05) is 382 Å². The molecule has 7 atom stereocenters. The smallest absolute Gasteiger partial charge is 0.462 e. The number of hydrogen-bond acceptors (Lipinski definition) is 15. The molecule has 0 aliphatic carbocycles. The summed E-state index contributed by atoms with van der Waals surface area (Å²) in [5.41, 5.74) is 0. The standard InChI is InChI=1S/C83H162O17P2/c1-8-11-12-13-14-15-16-17-22-26-29-35-43-50-57-64-80(85)93-70-78(99-82(87)66-59-52-45-36-30-27-24-21-19-18-20-23-25-28-33-41-48-55-62-75(6)9-2)72-97-101(89,90)95-68-77(84)69-96-102(91,92)98-73-79(71-94-81(86)65-58-51-44-39-38-40-47-54-61-74(4)5)100-83(88)67-60-53-46-37-32-31-34-42-49-56-63-76(7)10-3/h74-79,84H,8-73H2,1-7H3,(H,89,90)(H,91,92)/t75?,76?,77-,78-,79-/m1/s1. The predicted octanol–water partition coefficient (Wildman–Crippen LogP) is 24.9. The highest BCUT2D eigenvalue weighted by Crippen LogP contribution is 2.45. The van der Waals surface area contributed by atoms with Gasteiger partial charge in [-0.05, 0) is 43.4 Å². The lowest BCUT2D eigenvalue weighted by Gasteiger charge is -2.21. The Morgan fingerprint density at radius 2 is 0.500 bits per heavy atom. The number of hydrogen-bond donors (Lipinski definition) is 3. The quantitative estimate of drug-likeness (QED) is 0.0222. The Hall–Kier alpha value is -1.94. The zero-order chi connectivity index (χ0) is 75.1. The highest BCUT2D eigenvalue weighted by atomic mass is 31.2. The van der Waals surface area contributed by atoms with Crippen LogP contribution in [0.25, 0.3) is 0 Å². The minimum atomic E-state index is -4.96. The first-order chi connectivity index (χ1) is 49.3. The van der Waals surface area contributed by atoms with E-state index in [1.807, 2.05) is 0 Å². The lowest BCUT2D eigenvalue weighted by molar-refractivity contribution is -0.161. The van der Waals surface area contributed by atoms with Gasteiger partial charge in [0, 0.05) is 25.7 Å². The summed E-state index contributed by atoms with van der Waals surface area (Å²) in [5, 5.41) is 10.7. The van der Waals surface area contributed by atoms with E-state index in [1.54, 1.807) is 0 Å². The molecule has 606 valence electrons. The second-order valence-electron chi connectivity index (χ2n) is 30.8. The molecular weight excluding hydrogens is 1330 g/mol. The molecule has 0 fully saturated rings. The first-order valence-corrected chi connectivity index (χ1v) is 45.9. The lowest BCUT2D eigenvalue weighted by atomic mass is 9.99. The summed E-state index contributed by atoms with van der Waals surface area (Å²) >= 11 is 0. The van der Waals surface area contributed by atoms with Gasteiger partial charge in [0.25, 0.3) is 0 Å². The van der Waals surface area contributed by atoms with E-state index in [0.29, 0.717) is 25.7 Å². The van der Waals surface area contributed by atoms with Crippen LogP contribution in [-0.2, 0) is 65.4 Å². The molecule has 0 aliphatic heterocycles. The zero-order valence-electron chi connectivity index (χ0n) is 67.1. The van der Waals surface area contributed by atoms with Gasteiger partial charge in [-0.15, -0.1) is 0 Å². The molecule has 0 radical (unpaired) electrons. The Kier molecular flexibility index (Phi) is 71.8. The van der Waals surface area contributed by atoms with E-state index in [-0.39, 0.29) is 25.7 Å². The van der Waals surface area contributed by atoms with Gasteiger partial charge in [-0.25, -0.2) is 9.13 Å². The van der Waals surface area contributed by atoms with E-state index >= 15 is 0 Å².